The van der Waals surface area contributed by atoms with Gasteiger partial charge in [-0.15, -0.1) is 0 Å². The number of hydrogen-bond acceptors (Lipinski definition) is 2. The molecule has 0 aromatic heterocycles. The number of ketones is 1. The lowest BCUT2D eigenvalue weighted by molar-refractivity contribution is -0.114. The third kappa shape index (κ3) is 2.03. The molecule has 2 heteroatoms. The minimum atomic E-state index is 0.0198. The van der Waals surface area contributed by atoms with Crippen LogP contribution in [0.1, 0.15) is 23.7 Å². The molecule has 0 bridgehead atoms. The maximum absolute atomic E-state index is 12.5. The third-order valence-corrected chi connectivity index (χ3v) is 4.43. The van der Waals surface area contributed by atoms with Gasteiger partial charge in [0, 0.05) is 17.9 Å². The molecule has 0 spiro atoms. The molecule has 1 heterocycles. The lowest BCUT2D eigenvalue weighted by Gasteiger charge is -2.15. The van der Waals surface area contributed by atoms with Gasteiger partial charge in [-0.1, -0.05) is 60.7 Å². The highest BCUT2D eigenvalue weighted by molar-refractivity contribution is 6.24. The van der Waals surface area contributed by atoms with E-state index in [1.165, 1.54) is 11.1 Å². The van der Waals surface area contributed by atoms with Gasteiger partial charge in [0.2, 0.25) is 0 Å². The van der Waals surface area contributed by atoms with Crippen molar-refractivity contribution in [2.24, 2.45) is 5.92 Å². The van der Waals surface area contributed by atoms with E-state index in [9.17, 15) is 4.79 Å². The zero-order valence-corrected chi connectivity index (χ0v) is 11.7. The number of ether oxygens (including phenoxy) is 1. The molecule has 0 radical (unpaired) electrons. The molecular formula is C19H16O2. The minimum Gasteiger partial charge on any atom is -0.369 e. The number of benzene rings is 2. The Hall–Kier alpha value is -2.19. The molecule has 2 aliphatic rings. The van der Waals surface area contributed by atoms with Crippen LogP contribution in [0.2, 0.25) is 0 Å². The first-order chi connectivity index (χ1) is 10.3. The van der Waals surface area contributed by atoms with Gasteiger partial charge in [-0.25, -0.2) is 0 Å². The summed E-state index contributed by atoms with van der Waals surface area (Å²) >= 11 is 0. The number of fused-ring (bicyclic) bond motifs is 1. The van der Waals surface area contributed by atoms with E-state index < -0.39 is 0 Å². The summed E-state index contributed by atoms with van der Waals surface area (Å²) in [7, 11) is 0. The second kappa shape index (κ2) is 4.97. The molecule has 0 unspecified atom stereocenters. The average molecular weight is 276 g/mol. The van der Waals surface area contributed by atoms with Gasteiger partial charge in [0.1, 0.15) is 0 Å². The summed E-state index contributed by atoms with van der Waals surface area (Å²) in [5.74, 6) is 0.459. The first kappa shape index (κ1) is 12.5. The standard InChI is InChI=1S/C19H16O2/c20-17-11-15-16(18(17)13-7-3-1-4-8-13)12-21-19(15)14-9-5-2-6-10-14/h1-10,15,19H,11-12H2/t15-,19+/m0/s1. The van der Waals surface area contributed by atoms with Crippen LogP contribution in [0.15, 0.2) is 66.2 Å². The lowest BCUT2D eigenvalue weighted by atomic mass is 9.92. The second-order valence-electron chi connectivity index (χ2n) is 5.64. The number of allylic oxidation sites excluding steroid dienone is 1. The van der Waals surface area contributed by atoms with Crippen molar-refractivity contribution in [2.75, 3.05) is 6.61 Å². The van der Waals surface area contributed by atoms with Gasteiger partial charge in [-0.3, -0.25) is 4.79 Å². The summed E-state index contributed by atoms with van der Waals surface area (Å²) < 4.78 is 6.00. The SMILES string of the molecule is O=C1C[C@H]2C(=C1c1ccccc1)CO[C@@H]2c1ccccc1. The molecule has 4 rings (SSSR count). The normalized spacial score (nSPS) is 24.5. The van der Waals surface area contributed by atoms with E-state index in [0.29, 0.717) is 13.0 Å². The van der Waals surface area contributed by atoms with Crippen molar-refractivity contribution >= 4 is 11.4 Å². The quantitative estimate of drug-likeness (QED) is 0.834. The van der Waals surface area contributed by atoms with Crippen LogP contribution in [-0.4, -0.2) is 12.4 Å². The predicted molar refractivity (Wildman–Crippen MR) is 81.6 cm³/mol. The highest BCUT2D eigenvalue weighted by Gasteiger charge is 2.43. The molecule has 0 saturated carbocycles. The summed E-state index contributed by atoms with van der Waals surface area (Å²) in [5.41, 5.74) is 4.26. The fourth-order valence-electron chi connectivity index (χ4n) is 3.48. The Balaban J connectivity index is 1.75. The number of hydrogen-bond donors (Lipinski definition) is 0. The first-order valence-electron chi connectivity index (χ1n) is 7.33. The zero-order valence-electron chi connectivity index (χ0n) is 11.7. The molecule has 1 aliphatic carbocycles. The number of rotatable bonds is 2. The molecule has 2 aromatic rings. The fourth-order valence-corrected chi connectivity index (χ4v) is 3.48. The molecule has 2 aromatic carbocycles. The van der Waals surface area contributed by atoms with Gasteiger partial charge in [-0.05, 0) is 16.7 Å². The molecule has 1 saturated heterocycles. The molecule has 104 valence electrons. The summed E-state index contributed by atoms with van der Waals surface area (Å²) in [4.78, 5) is 12.5. The van der Waals surface area contributed by atoms with Crippen LogP contribution in [0.25, 0.3) is 5.57 Å². The Morgan fingerprint density at radius 3 is 2.29 bits per heavy atom. The van der Waals surface area contributed by atoms with Crippen LogP contribution in [0.4, 0.5) is 0 Å². The number of Topliss-reactive ketones (excluding diaryl/α,β-unsaturated/α-hetero) is 1. The maximum Gasteiger partial charge on any atom is 0.164 e. The third-order valence-electron chi connectivity index (χ3n) is 4.43. The summed E-state index contributed by atoms with van der Waals surface area (Å²) in [5, 5.41) is 0. The summed E-state index contributed by atoms with van der Waals surface area (Å²) in [6, 6.07) is 20.2. The molecule has 2 atom stereocenters. The maximum atomic E-state index is 12.5. The monoisotopic (exact) mass is 276 g/mol. The van der Waals surface area contributed by atoms with E-state index in [4.69, 9.17) is 4.74 Å². The largest absolute Gasteiger partial charge is 0.369 e. The Bertz CT molecular complexity index is 701. The van der Waals surface area contributed by atoms with Crippen molar-refractivity contribution in [3.63, 3.8) is 0 Å². The van der Waals surface area contributed by atoms with E-state index in [1.807, 2.05) is 48.5 Å². The van der Waals surface area contributed by atoms with E-state index >= 15 is 0 Å². The van der Waals surface area contributed by atoms with E-state index in [-0.39, 0.29) is 17.8 Å². The minimum absolute atomic E-state index is 0.0198. The molecule has 0 amide bonds. The number of carbonyl (C=O) groups is 1. The first-order valence-corrected chi connectivity index (χ1v) is 7.33. The average Bonchev–Trinajstić information content (AvgIpc) is 3.06. The van der Waals surface area contributed by atoms with E-state index in [1.54, 1.807) is 0 Å². The van der Waals surface area contributed by atoms with Crippen LogP contribution in [-0.2, 0) is 9.53 Å². The van der Waals surface area contributed by atoms with Crippen LogP contribution in [0.3, 0.4) is 0 Å². The Morgan fingerprint density at radius 2 is 1.57 bits per heavy atom. The van der Waals surface area contributed by atoms with Gasteiger partial charge in [0.15, 0.2) is 5.78 Å². The summed E-state index contributed by atoms with van der Waals surface area (Å²) in [6.07, 6.45) is 0.588. The van der Waals surface area contributed by atoms with Crippen molar-refractivity contribution in [2.45, 2.75) is 12.5 Å². The van der Waals surface area contributed by atoms with Gasteiger partial charge in [-0.2, -0.15) is 0 Å². The number of carbonyl (C=O) groups excluding carboxylic acids is 1. The van der Waals surface area contributed by atoms with Gasteiger partial charge in [0.05, 0.1) is 12.7 Å². The Morgan fingerprint density at radius 1 is 0.905 bits per heavy atom. The van der Waals surface area contributed by atoms with E-state index in [0.717, 1.165) is 11.1 Å². The van der Waals surface area contributed by atoms with Crippen molar-refractivity contribution in [1.82, 2.24) is 0 Å². The molecule has 1 fully saturated rings. The fraction of sp³-hybridized carbons (Fsp3) is 0.211. The smallest absolute Gasteiger partial charge is 0.164 e. The lowest BCUT2D eigenvalue weighted by Crippen LogP contribution is -2.08. The van der Waals surface area contributed by atoms with Crippen molar-refractivity contribution in [3.05, 3.63) is 77.4 Å². The van der Waals surface area contributed by atoms with Crippen LogP contribution in [0.5, 0.6) is 0 Å². The van der Waals surface area contributed by atoms with E-state index in [2.05, 4.69) is 12.1 Å². The molecule has 21 heavy (non-hydrogen) atoms. The highest BCUT2D eigenvalue weighted by atomic mass is 16.5. The van der Waals surface area contributed by atoms with Gasteiger partial charge >= 0.3 is 0 Å². The van der Waals surface area contributed by atoms with Crippen LogP contribution < -0.4 is 0 Å². The molecular weight excluding hydrogens is 260 g/mol. The molecule has 0 N–H and O–H groups in total. The molecule has 2 nitrogen and oxygen atoms in total. The Labute approximate surface area is 124 Å². The van der Waals surface area contributed by atoms with Crippen molar-refractivity contribution in [3.8, 4) is 0 Å². The molecule has 1 aliphatic heterocycles. The van der Waals surface area contributed by atoms with Gasteiger partial charge in [0.25, 0.3) is 0 Å². The highest BCUT2D eigenvalue weighted by Crippen LogP contribution is 2.48. The van der Waals surface area contributed by atoms with Crippen LogP contribution >= 0.6 is 0 Å². The van der Waals surface area contributed by atoms with Crippen molar-refractivity contribution in [1.29, 1.82) is 0 Å². The zero-order chi connectivity index (χ0) is 14.2. The van der Waals surface area contributed by atoms with Crippen molar-refractivity contribution < 1.29 is 9.53 Å². The topological polar surface area (TPSA) is 26.3 Å². The second-order valence-corrected chi connectivity index (χ2v) is 5.64. The Kier molecular flexibility index (Phi) is 2.97. The van der Waals surface area contributed by atoms with Gasteiger partial charge < -0.3 is 4.74 Å². The summed E-state index contributed by atoms with van der Waals surface area (Å²) in [6.45, 7) is 0.570. The van der Waals surface area contributed by atoms with Crippen LogP contribution in [0, 0.1) is 5.92 Å². The predicted octanol–water partition coefficient (Wildman–Crippen LogP) is 3.80.